The molecule has 2 unspecified atom stereocenters. The summed E-state index contributed by atoms with van der Waals surface area (Å²) in [4.78, 5) is 0.275. The average Bonchev–Trinajstić information content (AvgIpc) is 2.73. The standard InChI is InChI=1S/C15H18N2O3S/c16-8-7-11-1-5-15(6-2-11)21(19,20)17-12-3-4-13(17)10-14(18)9-12/h1-2,5-6,12-14,18H,3-4,7,9-10H2. The van der Waals surface area contributed by atoms with Crippen LogP contribution in [0.25, 0.3) is 0 Å². The topological polar surface area (TPSA) is 81.4 Å². The lowest BCUT2D eigenvalue weighted by molar-refractivity contribution is 0.0769. The van der Waals surface area contributed by atoms with Gasteiger partial charge < -0.3 is 5.11 Å². The highest BCUT2D eigenvalue weighted by Crippen LogP contribution is 2.39. The summed E-state index contributed by atoms with van der Waals surface area (Å²) in [6, 6.07) is 8.42. The third kappa shape index (κ3) is 2.57. The molecule has 0 amide bonds. The van der Waals surface area contributed by atoms with Crippen LogP contribution in [-0.2, 0) is 16.4 Å². The Hall–Kier alpha value is -1.42. The first-order valence-electron chi connectivity index (χ1n) is 7.20. The zero-order chi connectivity index (χ0) is 15.0. The van der Waals surface area contributed by atoms with Gasteiger partial charge in [-0.05, 0) is 43.4 Å². The van der Waals surface area contributed by atoms with Crippen LogP contribution in [0.1, 0.15) is 31.2 Å². The summed E-state index contributed by atoms with van der Waals surface area (Å²) < 4.78 is 27.2. The number of fused-ring (bicyclic) bond motifs is 2. The number of piperidine rings is 1. The van der Waals surface area contributed by atoms with E-state index in [4.69, 9.17) is 5.26 Å². The van der Waals surface area contributed by atoms with Crippen LogP contribution in [0, 0.1) is 11.3 Å². The maximum Gasteiger partial charge on any atom is 0.243 e. The fraction of sp³-hybridized carbons (Fsp3) is 0.533. The number of sulfonamides is 1. The second kappa shape index (κ2) is 5.41. The van der Waals surface area contributed by atoms with Crippen molar-refractivity contribution in [2.45, 2.75) is 55.2 Å². The highest BCUT2D eigenvalue weighted by atomic mass is 32.2. The molecule has 2 bridgehead atoms. The van der Waals surface area contributed by atoms with Crippen molar-refractivity contribution in [3.05, 3.63) is 29.8 Å². The van der Waals surface area contributed by atoms with Gasteiger partial charge in [-0.1, -0.05) is 12.1 Å². The lowest BCUT2D eigenvalue weighted by Crippen LogP contribution is -2.47. The second-order valence-electron chi connectivity index (χ2n) is 5.82. The summed E-state index contributed by atoms with van der Waals surface area (Å²) in [5.74, 6) is 0. The molecule has 2 aliphatic heterocycles. The minimum Gasteiger partial charge on any atom is -0.393 e. The van der Waals surface area contributed by atoms with Gasteiger partial charge in [0.05, 0.1) is 23.5 Å². The van der Waals surface area contributed by atoms with Gasteiger partial charge in [0.2, 0.25) is 10.0 Å². The van der Waals surface area contributed by atoms with Crippen LogP contribution >= 0.6 is 0 Å². The van der Waals surface area contributed by atoms with E-state index in [0.717, 1.165) is 18.4 Å². The summed E-state index contributed by atoms with van der Waals surface area (Å²) in [5.41, 5.74) is 0.813. The number of nitriles is 1. The maximum absolute atomic E-state index is 12.8. The predicted octanol–water partition coefficient (Wildman–Crippen LogP) is 1.43. The van der Waals surface area contributed by atoms with E-state index in [1.807, 2.05) is 6.07 Å². The number of aliphatic hydroxyl groups is 1. The smallest absolute Gasteiger partial charge is 0.243 e. The van der Waals surface area contributed by atoms with Gasteiger partial charge in [0, 0.05) is 12.1 Å². The van der Waals surface area contributed by atoms with Gasteiger partial charge in [0.25, 0.3) is 0 Å². The van der Waals surface area contributed by atoms with Crippen molar-refractivity contribution < 1.29 is 13.5 Å². The number of hydrogen-bond acceptors (Lipinski definition) is 4. The van der Waals surface area contributed by atoms with Crippen molar-refractivity contribution in [3.63, 3.8) is 0 Å². The molecule has 3 rings (SSSR count). The van der Waals surface area contributed by atoms with E-state index in [2.05, 4.69) is 0 Å². The number of aliphatic hydroxyl groups excluding tert-OH is 1. The SMILES string of the molecule is N#CCc1ccc(S(=O)(=O)N2C3CCC2CC(O)C3)cc1. The first kappa shape index (κ1) is 14.5. The van der Waals surface area contributed by atoms with E-state index in [9.17, 15) is 13.5 Å². The molecule has 112 valence electrons. The molecule has 1 N–H and O–H groups in total. The molecule has 2 aliphatic rings. The number of nitrogens with zero attached hydrogens (tertiary/aromatic N) is 2. The minimum absolute atomic E-state index is 0.0810. The molecule has 21 heavy (non-hydrogen) atoms. The Morgan fingerprint density at radius 3 is 2.29 bits per heavy atom. The molecular formula is C15H18N2O3S. The summed E-state index contributed by atoms with van der Waals surface area (Å²) in [6.45, 7) is 0. The lowest BCUT2D eigenvalue weighted by atomic mass is 10.0. The van der Waals surface area contributed by atoms with E-state index in [1.165, 1.54) is 0 Å². The largest absolute Gasteiger partial charge is 0.393 e. The molecular weight excluding hydrogens is 288 g/mol. The molecule has 1 aromatic rings. The zero-order valence-corrected chi connectivity index (χ0v) is 12.5. The monoisotopic (exact) mass is 306 g/mol. The number of benzene rings is 1. The number of rotatable bonds is 3. The molecule has 6 heteroatoms. The maximum atomic E-state index is 12.8. The first-order chi connectivity index (χ1) is 10.0. The normalized spacial score (nSPS) is 29.2. The van der Waals surface area contributed by atoms with E-state index in [1.54, 1.807) is 28.6 Å². The summed E-state index contributed by atoms with van der Waals surface area (Å²) >= 11 is 0. The molecule has 0 aliphatic carbocycles. The van der Waals surface area contributed by atoms with Crippen molar-refractivity contribution in [2.75, 3.05) is 0 Å². The number of hydrogen-bond donors (Lipinski definition) is 1. The third-order valence-corrected chi connectivity index (χ3v) is 6.44. The highest BCUT2D eigenvalue weighted by Gasteiger charge is 2.46. The molecule has 2 heterocycles. The van der Waals surface area contributed by atoms with Crippen LogP contribution < -0.4 is 0 Å². The molecule has 0 aromatic heterocycles. The average molecular weight is 306 g/mol. The van der Waals surface area contributed by atoms with Crippen LogP contribution in [0.15, 0.2) is 29.2 Å². The summed E-state index contributed by atoms with van der Waals surface area (Å²) in [7, 11) is -3.51. The Kier molecular flexibility index (Phi) is 3.74. The van der Waals surface area contributed by atoms with Gasteiger partial charge in [-0.3, -0.25) is 0 Å². The van der Waals surface area contributed by atoms with Gasteiger partial charge in [-0.2, -0.15) is 9.57 Å². The molecule has 0 saturated carbocycles. The molecule has 2 saturated heterocycles. The highest BCUT2D eigenvalue weighted by molar-refractivity contribution is 7.89. The Balaban J connectivity index is 1.89. The van der Waals surface area contributed by atoms with Gasteiger partial charge in [-0.15, -0.1) is 0 Å². The first-order valence-corrected chi connectivity index (χ1v) is 8.64. The Labute approximate surface area is 124 Å². The van der Waals surface area contributed by atoms with E-state index in [-0.39, 0.29) is 29.5 Å². The van der Waals surface area contributed by atoms with Crippen molar-refractivity contribution >= 4 is 10.0 Å². The Bertz CT molecular complexity index is 649. The van der Waals surface area contributed by atoms with Crippen molar-refractivity contribution in [1.29, 1.82) is 5.26 Å². The van der Waals surface area contributed by atoms with E-state index in [0.29, 0.717) is 12.8 Å². The molecule has 2 fully saturated rings. The van der Waals surface area contributed by atoms with Crippen LogP contribution in [0.5, 0.6) is 0 Å². The van der Waals surface area contributed by atoms with E-state index >= 15 is 0 Å². The fourth-order valence-electron chi connectivity index (χ4n) is 3.49. The Morgan fingerprint density at radius 2 is 1.76 bits per heavy atom. The molecule has 2 atom stereocenters. The molecule has 0 radical (unpaired) electrons. The van der Waals surface area contributed by atoms with Crippen LogP contribution in [0.3, 0.4) is 0 Å². The second-order valence-corrected chi connectivity index (χ2v) is 7.67. The quantitative estimate of drug-likeness (QED) is 0.916. The van der Waals surface area contributed by atoms with Gasteiger partial charge >= 0.3 is 0 Å². The van der Waals surface area contributed by atoms with Gasteiger partial charge in [-0.25, -0.2) is 8.42 Å². The molecule has 5 nitrogen and oxygen atoms in total. The van der Waals surface area contributed by atoms with Crippen LogP contribution in [-0.4, -0.2) is 36.0 Å². The minimum atomic E-state index is -3.51. The van der Waals surface area contributed by atoms with Gasteiger partial charge in [0.1, 0.15) is 0 Å². The van der Waals surface area contributed by atoms with Gasteiger partial charge in [0.15, 0.2) is 0 Å². The summed E-state index contributed by atoms with van der Waals surface area (Å²) in [6.07, 6.45) is 2.61. The molecule has 1 aromatic carbocycles. The third-order valence-electron chi connectivity index (χ3n) is 4.42. The van der Waals surface area contributed by atoms with Crippen LogP contribution in [0.2, 0.25) is 0 Å². The van der Waals surface area contributed by atoms with E-state index < -0.39 is 10.0 Å². The zero-order valence-electron chi connectivity index (χ0n) is 11.6. The Morgan fingerprint density at radius 1 is 1.19 bits per heavy atom. The fourth-order valence-corrected chi connectivity index (χ4v) is 5.38. The molecule has 0 spiro atoms. The summed E-state index contributed by atoms with van der Waals surface area (Å²) in [5, 5.41) is 18.4. The van der Waals surface area contributed by atoms with Crippen molar-refractivity contribution in [2.24, 2.45) is 0 Å². The lowest BCUT2D eigenvalue weighted by Gasteiger charge is -2.36. The van der Waals surface area contributed by atoms with Crippen LogP contribution in [0.4, 0.5) is 0 Å². The van der Waals surface area contributed by atoms with Crippen molar-refractivity contribution in [1.82, 2.24) is 4.31 Å². The van der Waals surface area contributed by atoms with Crippen molar-refractivity contribution in [3.8, 4) is 6.07 Å². The predicted molar refractivity (Wildman–Crippen MR) is 76.8 cm³/mol.